The Labute approximate surface area is 196 Å². The van der Waals surface area contributed by atoms with Crippen LogP contribution in [0.15, 0.2) is 66.7 Å². The number of rotatable bonds is 3. The molecule has 33 heavy (non-hydrogen) atoms. The van der Waals surface area contributed by atoms with Gasteiger partial charge in [-0.05, 0) is 91.7 Å². The number of carbonyl (C=O) groups is 1. The third-order valence-electron chi connectivity index (χ3n) is 6.73. The van der Waals surface area contributed by atoms with E-state index in [1.165, 1.54) is 30.3 Å². The molecule has 1 fully saturated rings. The first-order chi connectivity index (χ1) is 15.9. The van der Waals surface area contributed by atoms with Crippen LogP contribution in [0.5, 0.6) is 0 Å². The van der Waals surface area contributed by atoms with E-state index in [-0.39, 0.29) is 23.1 Å². The fourth-order valence-corrected chi connectivity index (χ4v) is 5.22. The molecule has 3 aromatic carbocycles. The SMILES string of the molecule is O=C(Nc1ccc(F)cc1)N1CC2(CCN(Cc3cccc(Cl)c3)CC2)c2cc(F)ccc21. The molecule has 2 aliphatic heterocycles. The third-order valence-corrected chi connectivity index (χ3v) is 6.97. The van der Waals surface area contributed by atoms with Crippen LogP contribution >= 0.6 is 11.6 Å². The second-order valence-electron chi connectivity index (χ2n) is 8.87. The van der Waals surface area contributed by atoms with Crippen LogP contribution in [-0.4, -0.2) is 30.6 Å². The summed E-state index contributed by atoms with van der Waals surface area (Å²) in [5.41, 5.74) is 3.01. The minimum atomic E-state index is -0.363. The Bertz CT molecular complexity index is 1180. The molecule has 0 aliphatic carbocycles. The Morgan fingerprint density at radius 2 is 1.70 bits per heavy atom. The van der Waals surface area contributed by atoms with Crippen molar-refractivity contribution in [3.63, 3.8) is 0 Å². The van der Waals surface area contributed by atoms with Crippen LogP contribution in [0.1, 0.15) is 24.0 Å². The first-order valence-electron chi connectivity index (χ1n) is 11.0. The standard InChI is InChI=1S/C26H24ClF2N3O/c27-19-3-1-2-18(14-19)16-31-12-10-26(11-13-31)17-32(24-9-6-21(29)15-23(24)26)25(33)30-22-7-4-20(28)5-8-22/h1-9,14-15H,10-13,16-17H2,(H,30,33). The maximum Gasteiger partial charge on any atom is 0.326 e. The van der Waals surface area contributed by atoms with Crippen molar-refractivity contribution < 1.29 is 13.6 Å². The molecule has 2 aliphatic rings. The Kier molecular flexibility index (Phi) is 5.81. The molecule has 0 aromatic heterocycles. The normalized spacial score (nSPS) is 17.2. The largest absolute Gasteiger partial charge is 0.326 e. The van der Waals surface area contributed by atoms with Gasteiger partial charge in [-0.1, -0.05) is 23.7 Å². The monoisotopic (exact) mass is 467 g/mol. The van der Waals surface area contributed by atoms with Crippen molar-refractivity contribution in [3.05, 3.63) is 94.5 Å². The number of hydrogen-bond donors (Lipinski definition) is 1. The smallest absolute Gasteiger partial charge is 0.308 e. The van der Waals surface area contributed by atoms with Gasteiger partial charge < -0.3 is 5.32 Å². The molecule has 7 heteroatoms. The first kappa shape index (κ1) is 21.9. The summed E-state index contributed by atoms with van der Waals surface area (Å²) in [5.74, 6) is -0.659. The Hall–Kier alpha value is -2.96. The van der Waals surface area contributed by atoms with E-state index in [1.54, 1.807) is 17.0 Å². The van der Waals surface area contributed by atoms with E-state index in [0.29, 0.717) is 12.2 Å². The number of carbonyl (C=O) groups excluding carboxylic acids is 1. The number of nitrogens with one attached hydrogen (secondary N) is 1. The van der Waals surface area contributed by atoms with Crippen LogP contribution in [0.2, 0.25) is 5.02 Å². The highest BCUT2D eigenvalue weighted by atomic mass is 35.5. The maximum absolute atomic E-state index is 14.2. The summed E-state index contributed by atoms with van der Waals surface area (Å²) in [7, 11) is 0. The van der Waals surface area contributed by atoms with E-state index in [9.17, 15) is 13.6 Å². The summed E-state index contributed by atoms with van der Waals surface area (Å²) >= 11 is 6.13. The van der Waals surface area contributed by atoms with Crippen LogP contribution < -0.4 is 10.2 Å². The van der Waals surface area contributed by atoms with Gasteiger partial charge in [0, 0.05) is 34.9 Å². The zero-order chi connectivity index (χ0) is 23.0. The predicted molar refractivity (Wildman–Crippen MR) is 127 cm³/mol. The molecule has 2 amide bonds. The number of benzene rings is 3. The number of piperidine rings is 1. The molecule has 1 saturated heterocycles. The van der Waals surface area contributed by atoms with Crippen molar-refractivity contribution >= 4 is 29.0 Å². The molecular weight excluding hydrogens is 444 g/mol. The Morgan fingerprint density at radius 3 is 2.42 bits per heavy atom. The molecule has 3 aromatic rings. The summed E-state index contributed by atoms with van der Waals surface area (Å²) in [5, 5.41) is 3.56. The summed E-state index contributed by atoms with van der Waals surface area (Å²) in [4.78, 5) is 17.2. The highest BCUT2D eigenvalue weighted by Crippen LogP contribution is 2.47. The van der Waals surface area contributed by atoms with Gasteiger partial charge >= 0.3 is 6.03 Å². The number of halogens is 3. The topological polar surface area (TPSA) is 35.6 Å². The number of nitrogens with zero attached hydrogens (tertiary/aromatic N) is 2. The lowest BCUT2D eigenvalue weighted by molar-refractivity contribution is 0.160. The predicted octanol–water partition coefficient (Wildman–Crippen LogP) is 6.20. The summed E-state index contributed by atoms with van der Waals surface area (Å²) in [6, 6.07) is 17.9. The molecule has 0 saturated carbocycles. The van der Waals surface area contributed by atoms with Gasteiger partial charge in [-0.3, -0.25) is 9.80 Å². The van der Waals surface area contributed by atoms with Crippen LogP contribution in [0.3, 0.4) is 0 Å². The quantitative estimate of drug-likeness (QED) is 0.497. The molecule has 0 bridgehead atoms. The van der Waals surface area contributed by atoms with Crippen molar-refractivity contribution in [2.45, 2.75) is 24.8 Å². The average Bonchev–Trinajstić information content (AvgIpc) is 3.10. The second-order valence-corrected chi connectivity index (χ2v) is 9.31. The molecule has 0 radical (unpaired) electrons. The average molecular weight is 468 g/mol. The minimum Gasteiger partial charge on any atom is -0.308 e. The highest BCUT2D eigenvalue weighted by Gasteiger charge is 2.46. The van der Waals surface area contributed by atoms with E-state index in [1.807, 2.05) is 18.2 Å². The van der Waals surface area contributed by atoms with Crippen molar-refractivity contribution in [2.24, 2.45) is 0 Å². The minimum absolute atomic E-state index is 0.289. The van der Waals surface area contributed by atoms with E-state index < -0.39 is 0 Å². The molecule has 1 spiro atoms. The molecular formula is C26H24ClF2N3O. The number of anilines is 2. The number of hydrogen-bond acceptors (Lipinski definition) is 2. The lowest BCUT2D eigenvalue weighted by Gasteiger charge is -2.40. The Balaban J connectivity index is 1.34. The van der Waals surface area contributed by atoms with Gasteiger partial charge in [-0.15, -0.1) is 0 Å². The van der Waals surface area contributed by atoms with Gasteiger partial charge in [0.2, 0.25) is 0 Å². The van der Waals surface area contributed by atoms with Gasteiger partial charge in [-0.2, -0.15) is 0 Å². The van der Waals surface area contributed by atoms with E-state index in [4.69, 9.17) is 11.6 Å². The highest BCUT2D eigenvalue weighted by molar-refractivity contribution is 6.30. The Morgan fingerprint density at radius 1 is 0.970 bits per heavy atom. The molecule has 0 atom stereocenters. The molecule has 170 valence electrons. The molecule has 1 N–H and O–H groups in total. The zero-order valence-corrected chi connectivity index (χ0v) is 18.8. The fourth-order valence-electron chi connectivity index (χ4n) is 5.01. The fraction of sp³-hybridized carbons (Fsp3) is 0.269. The first-order valence-corrected chi connectivity index (χ1v) is 11.4. The lowest BCUT2D eigenvalue weighted by atomic mass is 9.74. The number of fused-ring (bicyclic) bond motifs is 2. The van der Waals surface area contributed by atoms with Crippen molar-refractivity contribution in [1.29, 1.82) is 0 Å². The molecule has 5 rings (SSSR count). The van der Waals surface area contributed by atoms with Gasteiger partial charge in [0.25, 0.3) is 0 Å². The lowest BCUT2D eigenvalue weighted by Crippen LogP contribution is -2.46. The zero-order valence-electron chi connectivity index (χ0n) is 18.0. The van der Waals surface area contributed by atoms with Crippen LogP contribution in [-0.2, 0) is 12.0 Å². The third kappa shape index (κ3) is 4.45. The van der Waals surface area contributed by atoms with Gasteiger partial charge in [0.15, 0.2) is 0 Å². The molecule has 0 unspecified atom stereocenters. The number of likely N-dealkylation sites (tertiary alicyclic amines) is 1. The number of urea groups is 1. The second kappa shape index (κ2) is 8.76. The van der Waals surface area contributed by atoms with Gasteiger partial charge in [-0.25, -0.2) is 13.6 Å². The number of amides is 2. The van der Waals surface area contributed by atoms with Crippen molar-refractivity contribution in [2.75, 3.05) is 29.9 Å². The van der Waals surface area contributed by atoms with E-state index >= 15 is 0 Å². The summed E-state index contributed by atoms with van der Waals surface area (Å²) < 4.78 is 27.5. The molecule has 2 heterocycles. The maximum atomic E-state index is 14.2. The van der Waals surface area contributed by atoms with Gasteiger partial charge in [0.05, 0.1) is 0 Å². The van der Waals surface area contributed by atoms with Crippen LogP contribution in [0.25, 0.3) is 0 Å². The van der Waals surface area contributed by atoms with Crippen LogP contribution in [0.4, 0.5) is 25.0 Å². The summed E-state index contributed by atoms with van der Waals surface area (Å²) in [6.07, 6.45) is 1.65. The summed E-state index contributed by atoms with van der Waals surface area (Å²) in [6.45, 7) is 2.98. The molecule has 4 nitrogen and oxygen atoms in total. The van der Waals surface area contributed by atoms with Gasteiger partial charge in [0.1, 0.15) is 11.6 Å². The van der Waals surface area contributed by atoms with Crippen LogP contribution in [0, 0.1) is 11.6 Å². The van der Waals surface area contributed by atoms with E-state index in [0.717, 1.165) is 54.3 Å². The van der Waals surface area contributed by atoms with Crippen molar-refractivity contribution in [3.8, 4) is 0 Å². The van der Waals surface area contributed by atoms with Crippen molar-refractivity contribution in [1.82, 2.24) is 4.90 Å². The van der Waals surface area contributed by atoms with E-state index in [2.05, 4.69) is 16.3 Å².